The lowest BCUT2D eigenvalue weighted by Crippen LogP contribution is -2.44. The van der Waals surface area contributed by atoms with Crippen LogP contribution in [0.2, 0.25) is 18.1 Å². The van der Waals surface area contributed by atoms with Crippen molar-refractivity contribution in [2.45, 2.75) is 76.8 Å². The van der Waals surface area contributed by atoms with Gasteiger partial charge in [0.25, 0.3) is 0 Å². The molecule has 1 N–H and O–H groups in total. The predicted octanol–water partition coefficient (Wildman–Crippen LogP) is 3.31. The van der Waals surface area contributed by atoms with E-state index >= 15 is 0 Å². The monoisotopic (exact) mass is 230 g/mol. The molecule has 1 rings (SSSR count). The largest absolute Gasteiger partial charge is 0.414 e. The summed E-state index contributed by atoms with van der Waals surface area (Å²) in [6, 6.07) is 0. The quantitative estimate of drug-likeness (QED) is 0.751. The van der Waals surface area contributed by atoms with Gasteiger partial charge >= 0.3 is 0 Å². The summed E-state index contributed by atoms with van der Waals surface area (Å²) in [5, 5.41) is 10.1. The van der Waals surface area contributed by atoms with E-state index in [1.165, 1.54) is 0 Å². The van der Waals surface area contributed by atoms with Gasteiger partial charge in [0.15, 0.2) is 8.32 Å². The molecule has 90 valence electrons. The molecule has 0 amide bonds. The molecule has 0 aromatic rings. The van der Waals surface area contributed by atoms with Gasteiger partial charge in [0.05, 0.1) is 5.60 Å². The highest BCUT2D eigenvalue weighted by atomic mass is 28.4. The number of aliphatic hydroxyl groups is 1. The van der Waals surface area contributed by atoms with Crippen molar-refractivity contribution in [3.8, 4) is 0 Å². The highest BCUT2D eigenvalue weighted by Gasteiger charge is 2.44. The molecule has 0 aromatic carbocycles. The van der Waals surface area contributed by atoms with Crippen LogP contribution in [0.4, 0.5) is 0 Å². The van der Waals surface area contributed by atoms with E-state index in [2.05, 4.69) is 40.8 Å². The zero-order chi connectivity index (χ0) is 11.9. The Kier molecular flexibility index (Phi) is 3.40. The molecule has 1 aliphatic carbocycles. The van der Waals surface area contributed by atoms with E-state index in [4.69, 9.17) is 4.43 Å². The molecular formula is C12H26O2Si. The number of rotatable bonds is 4. The van der Waals surface area contributed by atoms with Crippen molar-refractivity contribution >= 4 is 8.32 Å². The summed E-state index contributed by atoms with van der Waals surface area (Å²) < 4.78 is 6.20. The summed E-state index contributed by atoms with van der Waals surface area (Å²) in [5.74, 6) is 0. The molecule has 1 fully saturated rings. The van der Waals surface area contributed by atoms with Crippen molar-refractivity contribution in [1.82, 2.24) is 0 Å². The molecule has 3 heteroatoms. The van der Waals surface area contributed by atoms with Crippen LogP contribution in [0.3, 0.4) is 0 Å². The van der Waals surface area contributed by atoms with Gasteiger partial charge in [-0.3, -0.25) is 0 Å². The van der Waals surface area contributed by atoms with Gasteiger partial charge in [-0.25, -0.2) is 0 Å². The van der Waals surface area contributed by atoms with Gasteiger partial charge in [0.2, 0.25) is 0 Å². The van der Waals surface area contributed by atoms with Crippen molar-refractivity contribution in [1.29, 1.82) is 0 Å². The summed E-state index contributed by atoms with van der Waals surface area (Å²) in [4.78, 5) is 0. The molecule has 0 radical (unpaired) electrons. The fraction of sp³-hybridized carbons (Fsp3) is 1.00. The van der Waals surface area contributed by atoms with Crippen LogP contribution in [-0.4, -0.2) is 25.1 Å². The molecule has 1 aliphatic rings. The van der Waals surface area contributed by atoms with Gasteiger partial charge in [0.1, 0.15) is 0 Å². The van der Waals surface area contributed by atoms with Crippen LogP contribution in [0.15, 0.2) is 0 Å². The van der Waals surface area contributed by atoms with Crippen LogP contribution in [0.1, 0.15) is 47.0 Å². The normalized spacial score (nSPS) is 22.6. The fourth-order valence-electron chi connectivity index (χ4n) is 1.60. The van der Waals surface area contributed by atoms with E-state index in [9.17, 15) is 5.11 Å². The fourth-order valence-corrected chi connectivity index (χ4v) is 3.05. The molecule has 2 nitrogen and oxygen atoms in total. The Labute approximate surface area is 95.2 Å². The Hall–Kier alpha value is 0.137. The maximum absolute atomic E-state index is 9.83. The van der Waals surface area contributed by atoms with Gasteiger partial charge in [-0.05, 0) is 37.9 Å². The average Bonchev–Trinajstić information content (AvgIpc) is 2.62. The van der Waals surface area contributed by atoms with Gasteiger partial charge in [-0.15, -0.1) is 0 Å². The van der Waals surface area contributed by atoms with Crippen LogP contribution < -0.4 is 0 Å². The lowest BCUT2D eigenvalue weighted by Gasteiger charge is -2.38. The predicted molar refractivity (Wildman–Crippen MR) is 66.5 cm³/mol. The Morgan fingerprint density at radius 3 is 2.13 bits per heavy atom. The van der Waals surface area contributed by atoms with Gasteiger partial charge in [-0.1, -0.05) is 20.8 Å². The van der Waals surface area contributed by atoms with Gasteiger partial charge < -0.3 is 9.53 Å². The molecule has 0 heterocycles. The minimum absolute atomic E-state index is 0.193. The topological polar surface area (TPSA) is 29.5 Å². The highest BCUT2D eigenvalue weighted by molar-refractivity contribution is 6.74. The Bertz CT molecular complexity index is 226. The van der Waals surface area contributed by atoms with Crippen LogP contribution in [0, 0.1) is 0 Å². The third-order valence-electron chi connectivity index (χ3n) is 3.80. The van der Waals surface area contributed by atoms with Crippen molar-refractivity contribution in [3.63, 3.8) is 0 Å². The Balaban J connectivity index is 2.46. The van der Waals surface area contributed by atoms with E-state index in [0.29, 0.717) is 0 Å². The van der Waals surface area contributed by atoms with Crippen LogP contribution in [0.25, 0.3) is 0 Å². The Morgan fingerprint density at radius 1 is 1.33 bits per heavy atom. The van der Waals surface area contributed by atoms with E-state index in [1.807, 2.05) is 0 Å². The maximum atomic E-state index is 9.83. The van der Waals surface area contributed by atoms with Gasteiger partial charge in [0, 0.05) is 12.5 Å². The van der Waals surface area contributed by atoms with Crippen LogP contribution in [-0.2, 0) is 4.43 Å². The average molecular weight is 230 g/mol. The molecule has 15 heavy (non-hydrogen) atoms. The lowest BCUT2D eigenvalue weighted by atomic mass is 10.1. The van der Waals surface area contributed by atoms with E-state index in [-0.39, 0.29) is 16.7 Å². The van der Waals surface area contributed by atoms with Crippen molar-refractivity contribution in [2.24, 2.45) is 0 Å². The highest BCUT2D eigenvalue weighted by Crippen LogP contribution is 2.42. The van der Waals surface area contributed by atoms with Crippen LogP contribution in [0.5, 0.6) is 0 Å². The molecule has 0 aromatic heterocycles. The minimum atomic E-state index is -1.65. The van der Waals surface area contributed by atoms with Crippen molar-refractivity contribution in [2.75, 3.05) is 0 Å². The zero-order valence-electron chi connectivity index (χ0n) is 11.1. The van der Waals surface area contributed by atoms with Crippen molar-refractivity contribution in [3.05, 3.63) is 0 Å². The molecule has 0 unspecified atom stereocenters. The smallest absolute Gasteiger partial charge is 0.192 e. The van der Waals surface area contributed by atoms with Gasteiger partial charge in [-0.2, -0.15) is 0 Å². The summed E-state index contributed by atoms with van der Waals surface area (Å²) in [6.45, 7) is 13.4. The molecule has 0 bridgehead atoms. The first-order chi connectivity index (χ1) is 6.56. The molecule has 0 saturated heterocycles. The van der Waals surface area contributed by atoms with Crippen LogP contribution >= 0.6 is 0 Å². The second-order valence-electron chi connectivity index (χ2n) is 6.62. The summed E-state index contributed by atoms with van der Waals surface area (Å²) in [5.41, 5.74) is -0.387. The first-order valence-corrected chi connectivity index (χ1v) is 8.87. The van der Waals surface area contributed by atoms with E-state index < -0.39 is 8.32 Å². The summed E-state index contributed by atoms with van der Waals surface area (Å²) >= 11 is 0. The second kappa shape index (κ2) is 3.86. The molecular weight excluding hydrogens is 204 g/mol. The van der Waals surface area contributed by atoms with Crippen molar-refractivity contribution < 1.29 is 9.53 Å². The third kappa shape index (κ3) is 3.57. The summed E-state index contributed by atoms with van der Waals surface area (Å²) in [6.07, 6.45) is 2.91. The van der Waals surface area contributed by atoms with E-state index in [1.54, 1.807) is 0 Å². The first kappa shape index (κ1) is 13.2. The standard InChI is InChI=1S/C12H26O2Si/c1-10(9-12(13)7-8-12)14-15(5,6)11(2,3)4/h10,13H,7-9H2,1-6H3/t10-/m1/s1. The Morgan fingerprint density at radius 2 is 1.80 bits per heavy atom. The first-order valence-electron chi connectivity index (χ1n) is 5.96. The minimum Gasteiger partial charge on any atom is -0.414 e. The second-order valence-corrected chi connectivity index (χ2v) is 11.4. The lowest BCUT2D eigenvalue weighted by molar-refractivity contribution is 0.0782. The molecule has 0 aliphatic heterocycles. The number of hydrogen-bond acceptors (Lipinski definition) is 2. The maximum Gasteiger partial charge on any atom is 0.192 e. The SMILES string of the molecule is C[C@H](CC1(O)CC1)O[Si](C)(C)C(C)(C)C. The summed E-state index contributed by atoms with van der Waals surface area (Å²) in [7, 11) is -1.65. The zero-order valence-corrected chi connectivity index (χ0v) is 12.1. The molecule has 1 saturated carbocycles. The third-order valence-corrected chi connectivity index (χ3v) is 8.40. The molecule has 1 atom stereocenters. The molecule has 0 spiro atoms. The van der Waals surface area contributed by atoms with E-state index in [0.717, 1.165) is 19.3 Å². The number of hydrogen-bond donors (Lipinski definition) is 1.